The van der Waals surface area contributed by atoms with Crippen molar-refractivity contribution in [3.8, 4) is 0 Å². The Hall–Kier alpha value is 0.270. The topological polar surface area (TPSA) is 35.2 Å². The minimum absolute atomic E-state index is 0.655. The molecule has 0 heterocycles. The highest BCUT2D eigenvalue weighted by molar-refractivity contribution is 7.99. The Kier molecular flexibility index (Phi) is 8.57. The molecule has 1 unspecified atom stereocenters. The van der Waals surface area contributed by atoms with Gasteiger partial charge in [-0.1, -0.05) is 6.92 Å². The van der Waals surface area contributed by atoms with Crippen molar-refractivity contribution < 1.29 is 4.74 Å². The molecule has 1 atom stereocenters. The van der Waals surface area contributed by atoms with E-state index in [0.29, 0.717) is 5.92 Å². The minimum atomic E-state index is 0.655. The summed E-state index contributed by atoms with van der Waals surface area (Å²) in [6.07, 6.45) is 1.15. The number of hydrogen-bond donors (Lipinski definition) is 1. The zero-order valence-electron chi connectivity index (χ0n) is 7.51. The van der Waals surface area contributed by atoms with Crippen LogP contribution in [0.4, 0.5) is 0 Å². The Balaban J connectivity index is 2.89. The van der Waals surface area contributed by atoms with Crippen LogP contribution in [0.3, 0.4) is 0 Å². The molecule has 3 heteroatoms. The summed E-state index contributed by atoms with van der Waals surface area (Å²) in [5, 5.41) is 0. The van der Waals surface area contributed by atoms with Crippen LogP contribution in [0.25, 0.3) is 0 Å². The minimum Gasteiger partial charge on any atom is -0.385 e. The van der Waals surface area contributed by atoms with E-state index < -0.39 is 0 Å². The first kappa shape index (κ1) is 11.3. The normalized spacial score (nSPS) is 13.4. The predicted molar refractivity (Wildman–Crippen MR) is 52.0 cm³/mol. The van der Waals surface area contributed by atoms with Gasteiger partial charge in [0.1, 0.15) is 0 Å². The maximum Gasteiger partial charge on any atom is 0.0470 e. The summed E-state index contributed by atoms with van der Waals surface area (Å²) in [5.41, 5.74) is 5.47. The van der Waals surface area contributed by atoms with Crippen molar-refractivity contribution in [2.24, 2.45) is 11.7 Å². The molecule has 68 valence electrons. The molecule has 0 fully saturated rings. The highest BCUT2D eigenvalue weighted by Gasteiger charge is 1.97. The van der Waals surface area contributed by atoms with Crippen molar-refractivity contribution in [2.45, 2.75) is 13.3 Å². The van der Waals surface area contributed by atoms with Crippen LogP contribution in [0.2, 0.25) is 0 Å². The summed E-state index contributed by atoms with van der Waals surface area (Å²) in [6.45, 7) is 3.87. The molecule has 2 N–H and O–H groups in total. The molecule has 0 spiro atoms. The van der Waals surface area contributed by atoms with E-state index in [9.17, 15) is 0 Å². The van der Waals surface area contributed by atoms with Gasteiger partial charge in [-0.2, -0.15) is 11.8 Å². The van der Waals surface area contributed by atoms with Crippen molar-refractivity contribution in [1.29, 1.82) is 0 Å². The van der Waals surface area contributed by atoms with Gasteiger partial charge in [-0.15, -0.1) is 0 Å². The standard InChI is InChI=1S/C8H19NOS/c1-8(6-9)7-11-5-3-4-10-2/h8H,3-7,9H2,1-2H3. The molecule has 11 heavy (non-hydrogen) atoms. The SMILES string of the molecule is COCCCSCC(C)CN. The van der Waals surface area contributed by atoms with E-state index in [-0.39, 0.29) is 0 Å². The summed E-state index contributed by atoms with van der Waals surface area (Å²) in [7, 11) is 1.74. The van der Waals surface area contributed by atoms with Crippen LogP contribution in [0.1, 0.15) is 13.3 Å². The molecular formula is C8H19NOS. The zero-order valence-corrected chi connectivity index (χ0v) is 8.32. The van der Waals surface area contributed by atoms with E-state index in [2.05, 4.69) is 6.92 Å². The molecule has 0 bridgehead atoms. The largest absolute Gasteiger partial charge is 0.385 e. The van der Waals surface area contributed by atoms with Crippen LogP contribution in [-0.4, -0.2) is 31.8 Å². The van der Waals surface area contributed by atoms with Crippen molar-refractivity contribution in [3.63, 3.8) is 0 Å². The van der Waals surface area contributed by atoms with Gasteiger partial charge in [0.25, 0.3) is 0 Å². The first-order chi connectivity index (χ1) is 5.31. The van der Waals surface area contributed by atoms with E-state index in [4.69, 9.17) is 10.5 Å². The third-order valence-electron chi connectivity index (χ3n) is 1.44. The monoisotopic (exact) mass is 177 g/mol. The van der Waals surface area contributed by atoms with E-state index in [1.54, 1.807) is 7.11 Å². The van der Waals surface area contributed by atoms with E-state index in [1.165, 1.54) is 11.5 Å². The number of methoxy groups -OCH3 is 1. The van der Waals surface area contributed by atoms with Gasteiger partial charge in [0.15, 0.2) is 0 Å². The Morgan fingerprint density at radius 2 is 2.27 bits per heavy atom. The third kappa shape index (κ3) is 8.17. The Morgan fingerprint density at radius 3 is 2.82 bits per heavy atom. The molecule has 0 aliphatic rings. The lowest BCUT2D eigenvalue weighted by Gasteiger charge is -2.06. The Bertz CT molecular complexity index is 80.5. The second-order valence-corrected chi connectivity index (χ2v) is 3.91. The molecule has 0 radical (unpaired) electrons. The first-order valence-corrected chi connectivity index (χ1v) is 5.23. The average Bonchev–Trinajstić information content (AvgIpc) is 2.04. The number of hydrogen-bond acceptors (Lipinski definition) is 3. The fraction of sp³-hybridized carbons (Fsp3) is 1.00. The fourth-order valence-electron chi connectivity index (χ4n) is 0.658. The molecule has 0 amide bonds. The maximum absolute atomic E-state index is 5.47. The highest BCUT2D eigenvalue weighted by atomic mass is 32.2. The van der Waals surface area contributed by atoms with Gasteiger partial charge in [0.05, 0.1) is 0 Å². The lowest BCUT2D eigenvalue weighted by molar-refractivity contribution is 0.200. The lowest BCUT2D eigenvalue weighted by Crippen LogP contribution is -2.13. The van der Waals surface area contributed by atoms with Crippen LogP contribution in [0.15, 0.2) is 0 Å². The summed E-state index contributed by atoms with van der Waals surface area (Å²) in [6, 6.07) is 0. The maximum atomic E-state index is 5.47. The van der Waals surface area contributed by atoms with Crippen LogP contribution in [-0.2, 0) is 4.74 Å². The molecule has 0 aromatic carbocycles. The van der Waals surface area contributed by atoms with Crippen molar-refractivity contribution >= 4 is 11.8 Å². The molecule has 0 aliphatic carbocycles. The van der Waals surface area contributed by atoms with Gasteiger partial charge in [0.2, 0.25) is 0 Å². The van der Waals surface area contributed by atoms with Gasteiger partial charge in [-0.3, -0.25) is 0 Å². The molecule has 0 aromatic heterocycles. The predicted octanol–water partition coefficient (Wildman–Crippen LogP) is 1.35. The smallest absolute Gasteiger partial charge is 0.0470 e. The molecular weight excluding hydrogens is 158 g/mol. The summed E-state index contributed by atoms with van der Waals surface area (Å²) in [5.74, 6) is 3.03. The summed E-state index contributed by atoms with van der Waals surface area (Å²) < 4.78 is 4.94. The fourth-order valence-corrected chi connectivity index (χ4v) is 1.68. The Morgan fingerprint density at radius 1 is 1.55 bits per heavy atom. The molecule has 0 rings (SSSR count). The quantitative estimate of drug-likeness (QED) is 0.596. The van der Waals surface area contributed by atoms with Crippen molar-refractivity contribution in [2.75, 3.05) is 31.8 Å². The summed E-state index contributed by atoms with van der Waals surface area (Å²) >= 11 is 1.97. The Labute approximate surface area is 73.9 Å². The van der Waals surface area contributed by atoms with Gasteiger partial charge < -0.3 is 10.5 Å². The third-order valence-corrected chi connectivity index (χ3v) is 2.82. The second kappa shape index (κ2) is 8.37. The van der Waals surface area contributed by atoms with Gasteiger partial charge in [-0.25, -0.2) is 0 Å². The average molecular weight is 177 g/mol. The number of thioether (sulfide) groups is 1. The zero-order chi connectivity index (χ0) is 8.53. The molecule has 0 aliphatic heterocycles. The lowest BCUT2D eigenvalue weighted by atomic mass is 10.2. The highest BCUT2D eigenvalue weighted by Crippen LogP contribution is 2.07. The van der Waals surface area contributed by atoms with Crippen molar-refractivity contribution in [1.82, 2.24) is 0 Å². The van der Waals surface area contributed by atoms with E-state index in [0.717, 1.165) is 19.6 Å². The number of rotatable bonds is 7. The van der Waals surface area contributed by atoms with Crippen LogP contribution >= 0.6 is 11.8 Å². The van der Waals surface area contributed by atoms with Gasteiger partial charge in [-0.05, 0) is 30.4 Å². The molecule has 0 saturated heterocycles. The van der Waals surface area contributed by atoms with Crippen LogP contribution in [0, 0.1) is 5.92 Å². The molecule has 0 aromatic rings. The van der Waals surface area contributed by atoms with Gasteiger partial charge in [0, 0.05) is 13.7 Å². The molecule has 2 nitrogen and oxygen atoms in total. The van der Waals surface area contributed by atoms with E-state index in [1.807, 2.05) is 11.8 Å². The van der Waals surface area contributed by atoms with Gasteiger partial charge >= 0.3 is 0 Å². The van der Waals surface area contributed by atoms with Crippen LogP contribution in [0.5, 0.6) is 0 Å². The second-order valence-electron chi connectivity index (χ2n) is 2.76. The number of ether oxygens (including phenoxy) is 1. The van der Waals surface area contributed by atoms with E-state index >= 15 is 0 Å². The number of nitrogens with two attached hydrogens (primary N) is 1. The van der Waals surface area contributed by atoms with Crippen LogP contribution < -0.4 is 5.73 Å². The first-order valence-electron chi connectivity index (χ1n) is 4.08. The summed E-state index contributed by atoms with van der Waals surface area (Å²) in [4.78, 5) is 0. The van der Waals surface area contributed by atoms with Crippen molar-refractivity contribution in [3.05, 3.63) is 0 Å². The molecule has 0 saturated carbocycles.